The Morgan fingerprint density at radius 2 is 2.09 bits per heavy atom. The van der Waals surface area contributed by atoms with Gasteiger partial charge in [-0.1, -0.05) is 19.4 Å². The minimum absolute atomic E-state index is 0.214. The first-order valence-corrected chi connectivity index (χ1v) is 7.47. The van der Waals surface area contributed by atoms with Crippen molar-refractivity contribution >= 4 is 17.7 Å². The van der Waals surface area contributed by atoms with Gasteiger partial charge in [0.15, 0.2) is 0 Å². The van der Waals surface area contributed by atoms with Crippen molar-refractivity contribution in [2.75, 3.05) is 0 Å². The smallest absolute Gasteiger partial charge is 0.255 e. The van der Waals surface area contributed by atoms with Gasteiger partial charge in [0, 0.05) is 18.5 Å². The van der Waals surface area contributed by atoms with Crippen LogP contribution in [0.25, 0.3) is 0 Å². The second kappa shape index (κ2) is 5.51. The molecular weight excluding hydrogens is 287 g/mol. The number of benzene rings is 1. The van der Waals surface area contributed by atoms with Crippen LogP contribution < -0.4 is 5.32 Å². The van der Waals surface area contributed by atoms with E-state index in [2.05, 4.69) is 5.32 Å². The molecular formula is C16H17FN2O3. The normalized spacial score (nSPS) is 21.1. The lowest BCUT2D eigenvalue weighted by Crippen LogP contribution is -2.52. The van der Waals surface area contributed by atoms with Crippen molar-refractivity contribution in [1.82, 2.24) is 10.2 Å². The Morgan fingerprint density at radius 3 is 2.77 bits per heavy atom. The van der Waals surface area contributed by atoms with Gasteiger partial charge in [-0.15, -0.1) is 0 Å². The van der Waals surface area contributed by atoms with Gasteiger partial charge in [-0.2, -0.15) is 0 Å². The zero-order valence-electron chi connectivity index (χ0n) is 12.3. The van der Waals surface area contributed by atoms with Gasteiger partial charge in [-0.25, -0.2) is 4.39 Å². The lowest BCUT2D eigenvalue weighted by molar-refractivity contribution is -0.136. The molecule has 1 atom stereocenters. The Balaban J connectivity index is 1.87. The summed E-state index contributed by atoms with van der Waals surface area (Å²) in [6, 6.07) is 2.34. The van der Waals surface area contributed by atoms with Crippen molar-refractivity contribution in [3.05, 3.63) is 34.6 Å². The van der Waals surface area contributed by atoms with Crippen LogP contribution in [-0.4, -0.2) is 28.7 Å². The molecule has 0 bridgehead atoms. The third kappa shape index (κ3) is 2.38. The maximum Gasteiger partial charge on any atom is 0.255 e. The molecule has 3 amide bonds. The van der Waals surface area contributed by atoms with Gasteiger partial charge < -0.3 is 4.90 Å². The van der Waals surface area contributed by atoms with Crippen LogP contribution in [-0.2, 0) is 22.6 Å². The highest BCUT2D eigenvalue weighted by molar-refractivity contribution is 6.05. The molecule has 1 unspecified atom stereocenters. The van der Waals surface area contributed by atoms with Crippen LogP contribution >= 0.6 is 0 Å². The van der Waals surface area contributed by atoms with Crippen molar-refractivity contribution in [2.24, 2.45) is 0 Å². The monoisotopic (exact) mass is 304 g/mol. The van der Waals surface area contributed by atoms with E-state index in [0.717, 1.165) is 12.0 Å². The predicted molar refractivity (Wildman–Crippen MR) is 76.4 cm³/mol. The van der Waals surface area contributed by atoms with Crippen LogP contribution in [0.1, 0.15) is 47.7 Å². The summed E-state index contributed by atoms with van der Waals surface area (Å²) in [5.74, 6) is -1.49. The molecule has 22 heavy (non-hydrogen) atoms. The predicted octanol–water partition coefficient (Wildman–Crippen LogP) is 1.54. The van der Waals surface area contributed by atoms with Crippen LogP contribution in [0.4, 0.5) is 4.39 Å². The second-order valence-corrected chi connectivity index (χ2v) is 5.75. The lowest BCUT2D eigenvalue weighted by atomic mass is 10.0. The minimum Gasteiger partial charge on any atom is -0.322 e. The number of hydrogen-bond acceptors (Lipinski definition) is 3. The number of amides is 3. The van der Waals surface area contributed by atoms with Crippen molar-refractivity contribution in [1.29, 1.82) is 0 Å². The van der Waals surface area contributed by atoms with Gasteiger partial charge in [0.2, 0.25) is 11.8 Å². The van der Waals surface area contributed by atoms with Gasteiger partial charge in [-0.3, -0.25) is 19.7 Å². The Labute approximate surface area is 127 Å². The Kier molecular flexibility index (Phi) is 3.68. The van der Waals surface area contributed by atoms with E-state index >= 15 is 0 Å². The summed E-state index contributed by atoms with van der Waals surface area (Å²) in [6.07, 6.45) is 1.97. The highest BCUT2D eigenvalue weighted by atomic mass is 19.1. The second-order valence-electron chi connectivity index (χ2n) is 5.75. The molecule has 3 rings (SSSR count). The average Bonchev–Trinajstić information content (AvgIpc) is 2.77. The molecule has 5 nitrogen and oxygen atoms in total. The van der Waals surface area contributed by atoms with E-state index in [0.29, 0.717) is 24.0 Å². The van der Waals surface area contributed by atoms with Gasteiger partial charge in [0.1, 0.15) is 11.9 Å². The lowest BCUT2D eigenvalue weighted by Gasteiger charge is -2.29. The molecule has 2 aliphatic rings. The number of carbonyl (C=O) groups excluding carboxylic acids is 3. The Hall–Kier alpha value is -2.24. The van der Waals surface area contributed by atoms with E-state index in [4.69, 9.17) is 0 Å². The molecule has 0 radical (unpaired) electrons. The van der Waals surface area contributed by atoms with Gasteiger partial charge in [0.25, 0.3) is 5.91 Å². The zero-order valence-corrected chi connectivity index (χ0v) is 12.3. The molecule has 2 heterocycles. The number of halogens is 1. The third-order valence-electron chi connectivity index (χ3n) is 4.21. The molecule has 1 aromatic carbocycles. The average molecular weight is 304 g/mol. The summed E-state index contributed by atoms with van der Waals surface area (Å²) < 4.78 is 14.0. The number of rotatable bonds is 3. The summed E-state index contributed by atoms with van der Waals surface area (Å²) in [5, 5.41) is 2.25. The fraction of sp³-hybridized carbons (Fsp3) is 0.438. The number of nitrogens with zero attached hydrogens (tertiary/aromatic N) is 1. The topological polar surface area (TPSA) is 66.5 Å². The molecule has 0 aliphatic carbocycles. The number of carbonyl (C=O) groups is 3. The van der Waals surface area contributed by atoms with E-state index in [-0.39, 0.29) is 30.6 Å². The first-order chi connectivity index (χ1) is 10.5. The molecule has 0 aromatic heterocycles. The van der Waals surface area contributed by atoms with E-state index in [1.807, 2.05) is 6.92 Å². The highest BCUT2D eigenvalue weighted by Gasteiger charge is 2.39. The van der Waals surface area contributed by atoms with Crippen molar-refractivity contribution in [2.45, 2.75) is 45.2 Å². The Bertz CT molecular complexity index is 672. The van der Waals surface area contributed by atoms with Crippen molar-refractivity contribution in [3.63, 3.8) is 0 Å². The number of piperidine rings is 1. The molecule has 2 aliphatic heterocycles. The standard InChI is InChI=1S/C16H17FN2O3/c1-2-3-9-6-10-8-19(16(22)11(10)7-12(9)17)13-4-5-14(20)18-15(13)21/h6-7,13H,2-5,8H2,1H3,(H,18,20,21). The number of hydrogen-bond donors (Lipinski definition) is 1. The molecule has 1 aromatic rings. The summed E-state index contributed by atoms with van der Waals surface area (Å²) in [5.41, 5.74) is 1.67. The molecule has 116 valence electrons. The number of fused-ring (bicyclic) bond motifs is 1. The summed E-state index contributed by atoms with van der Waals surface area (Å²) >= 11 is 0. The van der Waals surface area contributed by atoms with Crippen LogP contribution in [0, 0.1) is 5.82 Å². The first kappa shape index (κ1) is 14.7. The summed E-state index contributed by atoms with van der Waals surface area (Å²) in [7, 11) is 0. The molecule has 6 heteroatoms. The molecule has 0 spiro atoms. The fourth-order valence-electron chi connectivity index (χ4n) is 3.10. The minimum atomic E-state index is -0.657. The molecule has 0 saturated carbocycles. The summed E-state index contributed by atoms with van der Waals surface area (Å²) in [6.45, 7) is 2.25. The van der Waals surface area contributed by atoms with Crippen LogP contribution in [0.3, 0.4) is 0 Å². The van der Waals surface area contributed by atoms with Crippen molar-refractivity contribution < 1.29 is 18.8 Å². The maximum absolute atomic E-state index is 14.0. The molecule has 1 N–H and O–H groups in total. The number of imide groups is 1. The molecule has 1 saturated heterocycles. The quantitative estimate of drug-likeness (QED) is 0.861. The van der Waals surface area contributed by atoms with Crippen LogP contribution in [0.5, 0.6) is 0 Å². The van der Waals surface area contributed by atoms with Gasteiger partial charge >= 0.3 is 0 Å². The third-order valence-corrected chi connectivity index (χ3v) is 4.21. The van der Waals surface area contributed by atoms with Gasteiger partial charge in [0.05, 0.1) is 0 Å². The number of nitrogens with one attached hydrogen (secondary N) is 1. The molecule has 1 fully saturated rings. The van der Waals surface area contributed by atoms with E-state index in [9.17, 15) is 18.8 Å². The van der Waals surface area contributed by atoms with Crippen LogP contribution in [0.2, 0.25) is 0 Å². The van der Waals surface area contributed by atoms with E-state index in [1.165, 1.54) is 11.0 Å². The maximum atomic E-state index is 14.0. The number of aryl methyl sites for hydroxylation is 1. The van der Waals surface area contributed by atoms with Gasteiger partial charge in [-0.05, 0) is 30.0 Å². The van der Waals surface area contributed by atoms with Crippen LogP contribution in [0.15, 0.2) is 12.1 Å². The van der Waals surface area contributed by atoms with E-state index < -0.39 is 11.9 Å². The van der Waals surface area contributed by atoms with Crippen molar-refractivity contribution in [3.8, 4) is 0 Å². The Morgan fingerprint density at radius 1 is 1.32 bits per heavy atom. The first-order valence-electron chi connectivity index (χ1n) is 7.47. The zero-order chi connectivity index (χ0) is 15.9. The largest absolute Gasteiger partial charge is 0.322 e. The SMILES string of the molecule is CCCc1cc2c(cc1F)C(=O)N(C1CCC(=O)NC1=O)C2. The highest BCUT2D eigenvalue weighted by Crippen LogP contribution is 2.29. The fourth-order valence-corrected chi connectivity index (χ4v) is 3.10. The summed E-state index contributed by atoms with van der Waals surface area (Å²) in [4.78, 5) is 37.0. The van der Waals surface area contributed by atoms with E-state index in [1.54, 1.807) is 6.07 Å².